The Balaban J connectivity index is 1.28. The Morgan fingerprint density at radius 1 is 0.354 bits per heavy atom. The van der Waals surface area contributed by atoms with Gasteiger partial charge >= 0.3 is 0 Å². The fourth-order valence-corrected chi connectivity index (χ4v) is 8.87. The Bertz CT molecular complexity index is 2990. The molecule has 7 aromatic carbocycles. The van der Waals surface area contributed by atoms with E-state index in [9.17, 15) is 0 Å². The highest BCUT2D eigenvalue weighted by atomic mass is 15.0. The summed E-state index contributed by atoms with van der Waals surface area (Å²) in [6, 6.07) is 59.2. The van der Waals surface area contributed by atoms with Gasteiger partial charge in [0, 0.05) is 61.8 Å². The highest BCUT2D eigenvalue weighted by molar-refractivity contribution is 6.13. The van der Waals surface area contributed by atoms with Crippen molar-refractivity contribution in [2.75, 3.05) is 0 Å². The molecule has 7 heteroatoms. The van der Waals surface area contributed by atoms with Gasteiger partial charge in [0.05, 0.1) is 5.52 Å². The molecule has 10 rings (SSSR count). The summed E-state index contributed by atoms with van der Waals surface area (Å²) in [4.78, 5) is 31.1. The molecular weight excluding hydrogens is 795 g/mol. The van der Waals surface area contributed by atoms with Gasteiger partial charge in [-0.05, 0) is 91.8 Å². The molecule has 0 atom stereocenters. The average molecular weight is 846 g/mol. The minimum Gasteiger partial charge on any atom is -0.340 e. The molecule has 0 radical (unpaired) electrons. The first-order chi connectivity index (χ1) is 32.1. The minimum absolute atomic E-state index is 0.566. The third-order valence-corrected chi connectivity index (χ3v) is 12.2. The van der Waals surface area contributed by atoms with Gasteiger partial charge in [-0.3, -0.25) is 0 Å². The van der Waals surface area contributed by atoms with Crippen molar-refractivity contribution >= 4 is 21.8 Å². The second kappa shape index (κ2) is 18.6. The maximum Gasteiger partial charge on any atom is 0.164 e. The number of benzene rings is 7. The molecule has 0 bridgehead atoms. The Morgan fingerprint density at radius 3 is 1.15 bits per heavy atom. The second-order valence-corrected chi connectivity index (χ2v) is 16.7. The number of aryl methyl sites for hydroxylation is 3. The van der Waals surface area contributed by atoms with Crippen LogP contribution in [-0.4, -0.2) is 34.5 Å². The maximum absolute atomic E-state index is 5.24. The predicted octanol–water partition coefficient (Wildman–Crippen LogP) is 14.5. The van der Waals surface area contributed by atoms with Crippen molar-refractivity contribution < 1.29 is 0 Å². The monoisotopic (exact) mass is 845 g/mol. The lowest BCUT2D eigenvalue weighted by Crippen LogP contribution is -2.03. The van der Waals surface area contributed by atoms with E-state index in [0.717, 1.165) is 76.7 Å². The van der Waals surface area contributed by atoms with E-state index >= 15 is 0 Å². The molecule has 65 heavy (non-hydrogen) atoms. The quantitative estimate of drug-likeness (QED) is 0.108. The Hall–Kier alpha value is -7.64. The summed E-state index contributed by atoms with van der Waals surface area (Å²) in [5, 5.41) is 2.59. The van der Waals surface area contributed by atoms with Gasteiger partial charge in [0.25, 0.3) is 0 Å². The van der Waals surface area contributed by atoms with Crippen LogP contribution in [0.2, 0.25) is 0 Å². The van der Waals surface area contributed by atoms with Crippen molar-refractivity contribution in [1.29, 1.82) is 0 Å². The fourth-order valence-electron chi connectivity index (χ4n) is 8.87. The fraction of sp³-hybridized carbons (Fsp3) is 0.172. The molecule has 0 aliphatic carbocycles. The van der Waals surface area contributed by atoms with Crippen molar-refractivity contribution in [3.05, 3.63) is 181 Å². The van der Waals surface area contributed by atoms with Crippen LogP contribution in [0.5, 0.6) is 0 Å². The zero-order valence-electron chi connectivity index (χ0n) is 37.2. The van der Waals surface area contributed by atoms with E-state index in [2.05, 4.69) is 73.9 Å². The van der Waals surface area contributed by atoms with Crippen LogP contribution in [-0.2, 0) is 19.4 Å². The van der Waals surface area contributed by atoms with Gasteiger partial charge in [0.1, 0.15) is 0 Å². The average Bonchev–Trinajstić information content (AvgIpc) is 3.70. The van der Waals surface area contributed by atoms with Crippen LogP contribution in [0.1, 0.15) is 57.6 Å². The van der Waals surface area contributed by atoms with Crippen molar-refractivity contribution in [3.63, 3.8) is 0 Å². The Labute approximate surface area is 381 Å². The number of hydrogen-bond acceptors (Lipinski definition) is 6. The zero-order valence-corrected chi connectivity index (χ0v) is 37.2. The lowest BCUT2D eigenvalue weighted by molar-refractivity contribution is 0.794. The van der Waals surface area contributed by atoms with Crippen molar-refractivity contribution in [2.24, 2.45) is 0 Å². The van der Waals surface area contributed by atoms with E-state index in [1.807, 2.05) is 121 Å². The third kappa shape index (κ3) is 8.58. The van der Waals surface area contributed by atoms with Crippen LogP contribution in [0.25, 0.3) is 101 Å². The molecule has 10 aromatic rings. The number of unbranched alkanes of at least 4 members (excludes halogenated alkanes) is 2. The van der Waals surface area contributed by atoms with Crippen LogP contribution >= 0.6 is 0 Å². The molecule has 318 valence electrons. The van der Waals surface area contributed by atoms with Crippen molar-refractivity contribution in [1.82, 2.24) is 34.5 Å². The van der Waals surface area contributed by atoms with Gasteiger partial charge < -0.3 is 4.57 Å². The lowest BCUT2D eigenvalue weighted by atomic mass is 9.93. The van der Waals surface area contributed by atoms with Crippen LogP contribution < -0.4 is 0 Å². The molecule has 0 aliphatic rings. The van der Waals surface area contributed by atoms with E-state index in [1.54, 1.807) is 0 Å². The number of hydrogen-bond donors (Lipinski definition) is 0. The van der Waals surface area contributed by atoms with E-state index in [1.165, 1.54) is 45.8 Å². The lowest BCUT2D eigenvalue weighted by Gasteiger charge is -2.16. The second-order valence-electron chi connectivity index (χ2n) is 16.7. The standard InChI is InChI=1S/C58H51N7/c1-4-7-21-39-31-32-51-49(33-39)50-35-40(22-8-5-2)34-48(52(50)65(51)6-3)45-36-46(57-61-53(41-23-13-9-14-24-41)59-54(62-57)42-25-15-10-16-26-42)38-47(37-45)58-63-55(43-27-17-11-18-28-43)60-56(64-58)44-29-19-12-20-30-44/h9-20,23-38H,4-8,21-22H2,1-3H3. The molecule has 7 nitrogen and oxygen atoms in total. The number of rotatable bonds is 14. The van der Waals surface area contributed by atoms with E-state index < -0.39 is 0 Å². The summed E-state index contributed by atoms with van der Waals surface area (Å²) in [7, 11) is 0. The SMILES string of the molecule is CCCCc1ccc2c(c1)c1cc(CCCC)cc(-c3cc(-c4nc(-c5ccccc5)nc(-c5ccccc5)n4)cc(-c4nc(-c5ccccc5)nc(-c5ccccc5)n4)c3)c1n2CC. The predicted molar refractivity (Wildman–Crippen MR) is 267 cm³/mol. The molecule has 0 aliphatic heterocycles. The highest BCUT2D eigenvalue weighted by Crippen LogP contribution is 2.41. The minimum atomic E-state index is 0.566. The summed E-state index contributed by atoms with van der Waals surface area (Å²) in [6.07, 6.45) is 6.62. The summed E-state index contributed by atoms with van der Waals surface area (Å²) in [6.45, 7) is 7.61. The smallest absolute Gasteiger partial charge is 0.164 e. The molecule has 0 fully saturated rings. The van der Waals surface area contributed by atoms with Gasteiger partial charge in [0.15, 0.2) is 34.9 Å². The number of fused-ring (bicyclic) bond motifs is 3. The largest absolute Gasteiger partial charge is 0.340 e. The van der Waals surface area contributed by atoms with Crippen LogP contribution in [0, 0.1) is 0 Å². The van der Waals surface area contributed by atoms with Gasteiger partial charge in [-0.15, -0.1) is 0 Å². The maximum atomic E-state index is 5.24. The third-order valence-electron chi connectivity index (χ3n) is 12.2. The van der Waals surface area contributed by atoms with Gasteiger partial charge in [-0.1, -0.05) is 154 Å². The summed E-state index contributed by atoms with van der Waals surface area (Å²) in [5.41, 5.74) is 12.7. The van der Waals surface area contributed by atoms with Gasteiger partial charge in [-0.25, -0.2) is 29.9 Å². The van der Waals surface area contributed by atoms with Crippen LogP contribution in [0.3, 0.4) is 0 Å². The van der Waals surface area contributed by atoms with Gasteiger partial charge in [0.2, 0.25) is 0 Å². The van der Waals surface area contributed by atoms with Crippen LogP contribution in [0.15, 0.2) is 170 Å². The number of aromatic nitrogens is 7. The molecule has 0 N–H and O–H groups in total. The van der Waals surface area contributed by atoms with Crippen LogP contribution in [0.4, 0.5) is 0 Å². The molecule has 0 saturated heterocycles. The highest BCUT2D eigenvalue weighted by Gasteiger charge is 2.21. The molecule has 0 spiro atoms. The summed E-state index contributed by atoms with van der Waals surface area (Å²) < 4.78 is 2.49. The summed E-state index contributed by atoms with van der Waals surface area (Å²) in [5.74, 6) is 3.55. The zero-order chi connectivity index (χ0) is 44.1. The topological polar surface area (TPSA) is 82.3 Å². The van der Waals surface area contributed by atoms with E-state index in [4.69, 9.17) is 29.9 Å². The first-order valence-electron chi connectivity index (χ1n) is 23.0. The molecule has 3 aromatic heterocycles. The van der Waals surface area contributed by atoms with Crippen molar-refractivity contribution in [3.8, 4) is 79.5 Å². The number of nitrogens with zero attached hydrogens (tertiary/aromatic N) is 7. The van der Waals surface area contributed by atoms with E-state index in [0.29, 0.717) is 34.9 Å². The first-order valence-corrected chi connectivity index (χ1v) is 23.0. The van der Waals surface area contributed by atoms with Crippen molar-refractivity contribution in [2.45, 2.75) is 65.8 Å². The molecule has 3 heterocycles. The molecule has 0 unspecified atom stereocenters. The molecule has 0 saturated carbocycles. The molecule has 0 amide bonds. The first kappa shape index (κ1) is 41.4. The van der Waals surface area contributed by atoms with Gasteiger partial charge in [-0.2, -0.15) is 0 Å². The Kier molecular flexibility index (Phi) is 11.8. The molecular formula is C58H51N7. The summed E-state index contributed by atoms with van der Waals surface area (Å²) >= 11 is 0. The Morgan fingerprint density at radius 2 is 0.738 bits per heavy atom. The van der Waals surface area contributed by atoms with E-state index in [-0.39, 0.29) is 0 Å². The normalized spacial score (nSPS) is 11.4.